The number of nitrogens with zero attached hydrogens (tertiary/aromatic N) is 5. The molecule has 3 fully saturated rings. The SMILES string of the molecule is O=C(c1nn2c(-c3cscn3)cc(C3CC3)cc2c1Cl)N1CCN(C2CCCCC2)C(=O)C1. The van der Waals surface area contributed by atoms with Crippen molar-refractivity contribution in [2.75, 3.05) is 19.6 Å². The van der Waals surface area contributed by atoms with Crippen LogP contribution in [0, 0.1) is 0 Å². The van der Waals surface area contributed by atoms with Gasteiger partial charge in [0.25, 0.3) is 5.91 Å². The van der Waals surface area contributed by atoms with Crippen molar-refractivity contribution in [3.8, 4) is 11.4 Å². The van der Waals surface area contributed by atoms with Crippen molar-refractivity contribution in [2.45, 2.75) is 56.9 Å². The minimum Gasteiger partial charge on any atom is -0.336 e. The summed E-state index contributed by atoms with van der Waals surface area (Å²) in [6, 6.07) is 4.49. The first-order valence-corrected chi connectivity index (χ1v) is 13.1. The quantitative estimate of drug-likeness (QED) is 0.543. The van der Waals surface area contributed by atoms with Crippen LogP contribution in [-0.2, 0) is 4.79 Å². The number of pyridine rings is 1. The summed E-state index contributed by atoms with van der Waals surface area (Å²) in [5.41, 5.74) is 5.60. The third kappa shape index (κ3) is 3.83. The number of rotatable bonds is 4. The van der Waals surface area contributed by atoms with E-state index in [-0.39, 0.29) is 24.1 Å². The first kappa shape index (κ1) is 21.1. The van der Waals surface area contributed by atoms with E-state index in [1.165, 1.54) is 36.2 Å². The molecule has 0 aromatic carbocycles. The Morgan fingerprint density at radius 3 is 2.61 bits per heavy atom. The molecule has 0 unspecified atom stereocenters. The molecule has 3 aromatic heterocycles. The lowest BCUT2D eigenvalue weighted by molar-refractivity contribution is -0.138. The summed E-state index contributed by atoms with van der Waals surface area (Å²) < 4.78 is 1.73. The van der Waals surface area contributed by atoms with Gasteiger partial charge in [-0.1, -0.05) is 30.9 Å². The zero-order valence-electron chi connectivity index (χ0n) is 18.4. The van der Waals surface area contributed by atoms with E-state index in [4.69, 9.17) is 11.6 Å². The van der Waals surface area contributed by atoms with Gasteiger partial charge in [-0.15, -0.1) is 11.3 Å². The normalized spacial score (nSPS) is 20.1. The number of hydrogen-bond donors (Lipinski definition) is 0. The molecule has 33 heavy (non-hydrogen) atoms. The average molecular weight is 484 g/mol. The number of carbonyl (C=O) groups excluding carboxylic acids is 2. The standard InChI is InChI=1S/C24H26ClN5O2S/c25-22-20-11-16(15-6-7-15)10-19(18-13-33-14-26-18)30(20)27-23(22)24(32)28-8-9-29(21(31)12-28)17-4-2-1-3-5-17/h10-11,13-15,17H,1-9,12H2. The summed E-state index contributed by atoms with van der Waals surface area (Å²) in [5.74, 6) is 0.279. The molecule has 0 spiro atoms. The number of thiazole rings is 1. The summed E-state index contributed by atoms with van der Waals surface area (Å²) in [6.45, 7) is 1.18. The van der Waals surface area contributed by atoms with E-state index >= 15 is 0 Å². The van der Waals surface area contributed by atoms with Crippen molar-refractivity contribution in [1.29, 1.82) is 0 Å². The molecule has 172 valence electrons. The van der Waals surface area contributed by atoms with Crippen LogP contribution >= 0.6 is 22.9 Å². The van der Waals surface area contributed by atoms with Crippen LogP contribution in [0.5, 0.6) is 0 Å². The van der Waals surface area contributed by atoms with Crippen LogP contribution in [0.4, 0.5) is 0 Å². The third-order valence-electron chi connectivity index (χ3n) is 7.20. The van der Waals surface area contributed by atoms with Gasteiger partial charge in [-0.2, -0.15) is 5.10 Å². The van der Waals surface area contributed by atoms with Gasteiger partial charge in [-0.3, -0.25) is 9.59 Å². The molecule has 4 heterocycles. The molecular formula is C24H26ClN5O2S. The van der Waals surface area contributed by atoms with Crippen LogP contribution in [0.2, 0.25) is 5.02 Å². The van der Waals surface area contributed by atoms with Gasteiger partial charge in [0.1, 0.15) is 6.54 Å². The Morgan fingerprint density at radius 1 is 1.09 bits per heavy atom. The second-order valence-corrected chi connectivity index (χ2v) is 10.5. The maximum absolute atomic E-state index is 13.4. The lowest BCUT2D eigenvalue weighted by atomic mass is 9.93. The van der Waals surface area contributed by atoms with Crippen molar-refractivity contribution in [2.24, 2.45) is 0 Å². The number of carbonyl (C=O) groups is 2. The molecular weight excluding hydrogens is 458 g/mol. The van der Waals surface area contributed by atoms with E-state index in [2.05, 4.69) is 16.1 Å². The Balaban J connectivity index is 1.30. The Bertz CT molecular complexity index is 1210. The van der Waals surface area contributed by atoms with Gasteiger partial charge in [0.2, 0.25) is 5.91 Å². The van der Waals surface area contributed by atoms with Crippen LogP contribution in [0.25, 0.3) is 16.9 Å². The van der Waals surface area contributed by atoms with E-state index < -0.39 is 0 Å². The Kier molecular flexibility index (Phi) is 5.37. The van der Waals surface area contributed by atoms with Crippen molar-refractivity contribution >= 4 is 40.3 Å². The van der Waals surface area contributed by atoms with Gasteiger partial charge in [-0.05, 0) is 49.3 Å². The molecule has 0 N–H and O–H groups in total. The van der Waals surface area contributed by atoms with Crippen LogP contribution in [0.3, 0.4) is 0 Å². The first-order chi connectivity index (χ1) is 16.1. The van der Waals surface area contributed by atoms with Gasteiger partial charge < -0.3 is 9.80 Å². The molecule has 3 aliphatic rings. The molecule has 7 nitrogen and oxygen atoms in total. The molecule has 0 radical (unpaired) electrons. The molecule has 1 aliphatic heterocycles. The fourth-order valence-corrected chi connectivity index (χ4v) is 6.04. The lowest BCUT2D eigenvalue weighted by Crippen LogP contribution is -2.55. The number of fused-ring (bicyclic) bond motifs is 1. The fraction of sp³-hybridized carbons (Fsp3) is 0.500. The number of hydrogen-bond acceptors (Lipinski definition) is 5. The second-order valence-electron chi connectivity index (χ2n) is 9.39. The summed E-state index contributed by atoms with van der Waals surface area (Å²) in [6.07, 6.45) is 8.08. The van der Waals surface area contributed by atoms with Crippen LogP contribution in [-0.4, -0.2) is 61.9 Å². The largest absolute Gasteiger partial charge is 0.336 e. The van der Waals surface area contributed by atoms with Crippen molar-refractivity contribution < 1.29 is 9.59 Å². The average Bonchev–Trinajstić information content (AvgIpc) is 3.44. The molecule has 2 amide bonds. The predicted molar refractivity (Wildman–Crippen MR) is 128 cm³/mol. The highest BCUT2D eigenvalue weighted by Gasteiger charge is 2.35. The van der Waals surface area contributed by atoms with E-state index in [0.717, 1.165) is 42.6 Å². The van der Waals surface area contributed by atoms with E-state index in [1.807, 2.05) is 16.3 Å². The van der Waals surface area contributed by atoms with E-state index in [1.54, 1.807) is 14.9 Å². The van der Waals surface area contributed by atoms with Gasteiger partial charge in [0.05, 0.1) is 27.4 Å². The highest BCUT2D eigenvalue weighted by molar-refractivity contribution is 7.07. The predicted octanol–water partition coefficient (Wildman–Crippen LogP) is 4.61. The van der Waals surface area contributed by atoms with Gasteiger partial charge >= 0.3 is 0 Å². The maximum Gasteiger partial charge on any atom is 0.276 e. The summed E-state index contributed by atoms with van der Waals surface area (Å²) in [4.78, 5) is 34.4. The molecule has 6 rings (SSSR count). The zero-order chi connectivity index (χ0) is 22.5. The molecule has 1 saturated heterocycles. The number of halogens is 1. The van der Waals surface area contributed by atoms with Crippen LogP contribution in [0.15, 0.2) is 23.0 Å². The first-order valence-electron chi connectivity index (χ1n) is 11.8. The number of aromatic nitrogens is 3. The Morgan fingerprint density at radius 2 is 1.91 bits per heavy atom. The van der Waals surface area contributed by atoms with Gasteiger partial charge in [0, 0.05) is 24.5 Å². The highest BCUT2D eigenvalue weighted by Crippen LogP contribution is 2.42. The molecule has 3 aromatic rings. The lowest BCUT2D eigenvalue weighted by Gasteiger charge is -2.40. The Labute approximate surface area is 201 Å². The van der Waals surface area contributed by atoms with Gasteiger partial charge in [0.15, 0.2) is 5.69 Å². The third-order valence-corrected chi connectivity index (χ3v) is 8.16. The van der Waals surface area contributed by atoms with Crippen LogP contribution < -0.4 is 0 Å². The van der Waals surface area contributed by atoms with E-state index in [9.17, 15) is 9.59 Å². The minimum absolute atomic E-state index is 0.0283. The summed E-state index contributed by atoms with van der Waals surface area (Å²) >= 11 is 8.27. The smallest absolute Gasteiger partial charge is 0.276 e. The monoisotopic (exact) mass is 483 g/mol. The molecule has 0 atom stereocenters. The number of piperazine rings is 1. The Hall–Kier alpha value is -2.45. The minimum atomic E-state index is -0.280. The summed E-state index contributed by atoms with van der Waals surface area (Å²) in [7, 11) is 0. The molecule has 9 heteroatoms. The number of amides is 2. The molecule has 0 bridgehead atoms. The van der Waals surface area contributed by atoms with Gasteiger partial charge in [-0.25, -0.2) is 9.50 Å². The highest BCUT2D eigenvalue weighted by atomic mass is 35.5. The molecule has 2 saturated carbocycles. The van der Waals surface area contributed by atoms with Crippen molar-refractivity contribution in [1.82, 2.24) is 24.4 Å². The maximum atomic E-state index is 13.4. The van der Waals surface area contributed by atoms with Crippen molar-refractivity contribution in [3.63, 3.8) is 0 Å². The fourth-order valence-electron chi connectivity index (χ4n) is 5.24. The molecule has 2 aliphatic carbocycles. The zero-order valence-corrected chi connectivity index (χ0v) is 19.9. The topological polar surface area (TPSA) is 70.8 Å². The second kappa shape index (κ2) is 8.40. The van der Waals surface area contributed by atoms with Crippen LogP contribution in [0.1, 0.15) is 66.9 Å². The van der Waals surface area contributed by atoms with Crippen molar-refractivity contribution in [3.05, 3.63) is 39.3 Å². The summed E-state index contributed by atoms with van der Waals surface area (Å²) in [5, 5.41) is 6.96. The van der Waals surface area contributed by atoms with E-state index in [0.29, 0.717) is 30.1 Å².